The second-order valence-corrected chi connectivity index (χ2v) is 10.4. The summed E-state index contributed by atoms with van der Waals surface area (Å²) in [5.41, 5.74) is 13.2. The number of halogens is 1. The van der Waals surface area contributed by atoms with E-state index >= 15 is 0 Å². The summed E-state index contributed by atoms with van der Waals surface area (Å²) in [6.45, 7) is 9.36. The molecule has 1 heteroatoms. The van der Waals surface area contributed by atoms with Crippen molar-refractivity contribution in [1.29, 1.82) is 0 Å². The lowest BCUT2D eigenvalue weighted by atomic mass is 9.79. The van der Waals surface area contributed by atoms with Crippen LogP contribution in [0.4, 0.5) is 0 Å². The molecule has 0 atom stereocenters. The molecule has 4 aromatic rings. The third-order valence-corrected chi connectivity index (χ3v) is 7.87. The van der Waals surface area contributed by atoms with E-state index in [9.17, 15) is 0 Å². The van der Waals surface area contributed by atoms with E-state index < -0.39 is 0 Å². The highest BCUT2D eigenvalue weighted by molar-refractivity contribution is 6.34. The van der Waals surface area contributed by atoms with Gasteiger partial charge in [0, 0.05) is 21.4 Å². The fourth-order valence-corrected chi connectivity index (χ4v) is 6.15. The van der Waals surface area contributed by atoms with Gasteiger partial charge in [0.15, 0.2) is 0 Å². The summed E-state index contributed by atoms with van der Waals surface area (Å²) >= 11 is 6.74. The Morgan fingerprint density at radius 2 is 1.06 bits per heavy atom. The molecule has 0 nitrogen and oxygen atoms in total. The molecule has 152 valence electrons. The standard InChI is InChI=1S/C30H25Cl/c1-29(2)22-13-8-12-19(18-10-6-5-7-11-18)27(22)20-16-25-21(17-24(20)29)28-23(30(25,3)4)14-9-15-26(28)31/h5-17H,1-4H3. The molecular formula is C30H25Cl. The highest BCUT2D eigenvalue weighted by Crippen LogP contribution is 2.58. The van der Waals surface area contributed by atoms with Crippen molar-refractivity contribution in [2.45, 2.75) is 38.5 Å². The molecule has 0 spiro atoms. The maximum atomic E-state index is 6.74. The van der Waals surface area contributed by atoms with Gasteiger partial charge in [-0.05, 0) is 68.3 Å². The zero-order valence-electron chi connectivity index (χ0n) is 18.4. The third-order valence-electron chi connectivity index (χ3n) is 7.55. The van der Waals surface area contributed by atoms with Crippen molar-refractivity contribution in [3.8, 4) is 33.4 Å². The molecule has 0 aromatic heterocycles. The van der Waals surface area contributed by atoms with E-state index in [1.54, 1.807) is 0 Å². The molecule has 2 aliphatic rings. The van der Waals surface area contributed by atoms with E-state index in [1.165, 1.54) is 55.6 Å². The first-order valence-electron chi connectivity index (χ1n) is 11.0. The molecule has 0 fully saturated rings. The lowest BCUT2D eigenvalue weighted by molar-refractivity contribution is 0.652. The van der Waals surface area contributed by atoms with Crippen LogP contribution in [-0.4, -0.2) is 0 Å². The van der Waals surface area contributed by atoms with Gasteiger partial charge in [0.25, 0.3) is 0 Å². The SMILES string of the molecule is CC1(C)c2cc3c(cc2-c2c(Cl)cccc21)C(C)(C)c1cccc(-c2ccccc2)c1-3. The zero-order chi connectivity index (χ0) is 21.5. The Balaban J connectivity index is 1.70. The molecule has 0 amide bonds. The van der Waals surface area contributed by atoms with Crippen LogP contribution in [-0.2, 0) is 10.8 Å². The van der Waals surface area contributed by atoms with E-state index in [0.717, 1.165) is 5.02 Å². The van der Waals surface area contributed by atoms with Crippen LogP contribution in [0.5, 0.6) is 0 Å². The van der Waals surface area contributed by atoms with Crippen molar-refractivity contribution in [3.63, 3.8) is 0 Å². The monoisotopic (exact) mass is 420 g/mol. The number of fused-ring (bicyclic) bond motifs is 6. The molecule has 0 radical (unpaired) electrons. The third kappa shape index (κ3) is 2.37. The second-order valence-electron chi connectivity index (χ2n) is 9.95. The van der Waals surface area contributed by atoms with Gasteiger partial charge < -0.3 is 0 Å². The van der Waals surface area contributed by atoms with Crippen molar-refractivity contribution in [1.82, 2.24) is 0 Å². The Labute approximate surface area is 189 Å². The lowest BCUT2D eigenvalue weighted by Crippen LogP contribution is -2.16. The number of benzene rings is 4. The summed E-state index contributed by atoms with van der Waals surface area (Å²) in [5, 5.41) is 0.850. The lowest BCUT2D eigenvalue weighted by Gasteiger charge is -2.24. The molecule has 0 bridgehead atoms. The van der Waals surface area contributed by atoms with Gasteiger partial charge >= 0.3 is 0 Å². The van der Waals surface area contributed by atoms with Crippen molar-refractivity contribution >= 4 is 11.6 Å². The van der Waals surface area contributed by atoms with Gasteiger partial charge in [-0.3, -0.25) is 0 Å². The van der Waals surface area contributed by atoms with E-state index in [2.05, 4.69) is 100 Å². The van der Waals surface area contributed by atoms with Crippen LogP contribution in [0.1, 0.15) is 49.9 Å². The molecule has 6 rings (SSSR count). The van der Waals surface area contributed by atoms with E-state index in [1.807, 2.05) is 6.07 Å². The Morgan fingerprint density at radius 3 is 1.71 bits per heavy atom. The van der Waals surface area contributed by atoms with Crippen LogP contribution < -0.4 is 0 Å². The van der Waals surface area contributed by atoms with E-state index in [0.29, 0.717) is 0 Å². The summed E-state index contributed by atoms with van der Waals surface area (Å²) in [5.74, 6) is 0. The highest BCUT2D eigenvalue weighted by Gasteiger charge is 2.42. The van der Waals surface area contributed by atoms with Crippen LogP contribution in [0.15, 0.2) is 78.9 Å². The minimum absolute atomic E-state index is 0.0569. The Bertz CT molecular complexity index is 1370. The van der Waals surface area contributed by atoms with Crippen molar-refractivity contribution in [2.75, 3.05) is 0 Å². The quantitative estimate of drug-likeness (QED) is 0.289. The van der Waals surface area contributed by atoms with Gasteiger partial charge in [-0.1, -0.05) is 100.0 Å². The van der Waals surface area contributed by atoms with E-state index in [4.69, 9.17) is 11.6 Å². The summed E-state index contributed by atoms with van der Waals surface area (Å²) in [6, 6.07) is 28.8. The fourth-order valence-electron chi connectivity index (χ4n) is 5.88. The summed E-state index contributed by atoms with van der Waals surface area (Å²) in [4.78, 5) is 0. The molecule has 0 aliphatic heterocycles. The first-order valence-corrected chi connectivity index (χ1v) is 11.4. The van der Waals surface area contributed by atoms with Gasteiger partial charge in [0.2, 0.25) is 0 Å². The molecule has 2 aliphatic carbocycles. The molecule has 0 heterocycles. The smallest absolute Gasteiger partial charge is 0.0487 e. The summed E-state index contributed by atoms with van der Waals surface area (Å²) in [6.07, 6.45) is 0. The largest absolute Gasteiger partial charge is 0.0837 e. The summed E-state index contributed by atoms with van der Waals surface area (Å²) in [7, 11) is 0. The average Bonchev–Trinajstić information content (AvgIpc) is 3.14. The molecule has 4 aromatic carbocycles. The maximum Gasteiger partial charge on any atom is 0.0487 e. The van der Waals surface area contributed by atoms with Gasteiger partial charge in [-0.25, -0.2) is 0 Å². The second kappa shape index (κ2) is 6.11. The molecule has 0 unspecified atom stereocenters. The van der Waals surface area contributed by atoms with Crippen LogP contribution in [0.3, 0.4) is 0 Å². The number of hydrogen-bond donors (Lipinski definition) is 0. The molecular weight excluding hydrogens is 396 g/mol. The van der Waals surface area contributed by atoms with Gasteiger partial charge in [-0.2, -0.15) is 0 Å². The minimum Gasteiger partial charge on any atom is -0.0837 e. The maximum absolute atomic E-state index is 6.74. The van der Waals surface area contributed by atoms with Crippen molar-refractivity contribution in [3.05, 3.63) is 106 Å². The van der Waals surface area contributed by atoms with Crippen molar-refractivity contribution in [2.24, 2.45) is 0 Å². The number of rotatable bonds is 1. The van der Waals surface area contributed by atoms with Crippen molar-refractivity contribution < 1.29 is 0 Å². The van der Waals surface area contributed by atoms with Gasteiger partial charge in [-0.15, -0.1) is 0 Å². The zero-order valence-corrected chi connectivity index (χ0v) is 19.1. The molecule has 0 saturated heterocycles. The highest BCUT2D eigenvalue weighted by atomic mass is 35.5. The first-order chi connectivity index (χ1) is 14.8. The normalized spacial score (nSPS) is 16.4. The number of hydrogen-bond acceptors (Lipinski definition) is 0. The van der Waals surface area contributed by atoms with Crippen LogP contribution in [0, 0.1) is 0 Å². The summed E-state index contributed by atoms with van der Waals surface area (Å²) < 4.78 is 0. The topological polar surface area (TPSA) is 0 Å². The Kier molecular flexibility index (Phi) is 3.73. The minimum atomic E-state index is -0.0703. The van der Waals surface area contributed by atoms with Gasteiger partial charge in [0.1, 0.15) is 0 Å². The average molecular weight is 421 g/mol. The van der Waals surface area contributed by atoms with Crippen LogP contribution >= 0.6 is 11.6 Å². The fraction of sp³-hybridized carbons (Fsp3) is 0.200. The molecule has 0 N–H and O–H groups in total. The predicted octanol–water partition coefficient (Wildman–Crippen LogP) is 8.62. The Hall–Kier alpha value is -2.83. The van der Waals surface area contributed by atoms with Gasteiger partial charge in [0.05, 0.1) is 0 Å². The molecule has 31 heavy (non-hydrogen) atoms. The first kappa shape index (κ1) is 18.9. The Morgan fingerprint density at radius 1 is 0.516 bits per heavy atom. The van der Waals surface area contributed by atoms with Crippen LogP contribution in [0.25, 0.3) is 33.4 Å². The molecule has 0 saturated carbocycles. The van der Waals surface area contributed by atoms with E-state index in [-0.39, 0.29) is 10.8 Å². The predicted molar refractivity (Wildman–Crippen MR) is 132 cm³/mol. The van der Waals surface area contributed by atoms with Crippen LogP contribution in [0.2, 0.25) is 5.02 Å².